The number of benzene rings is 1. The van der Waals surface area contributed by atoms with Crippen LogP contribution >= 0.6 is 0 Å². The van der Waals surface area contributed by atoms with E-state index in [1.165, 1.54) is 6.26 Å². The molecule has 0 aliphatic carbocycles. The smallest absolute Gasteiger partial charge is 0.414 e. The molecule has 0 spiro atoms. The number of carboxylic acid groups (broad SMARTS) is 2. The summed E-state index contributed by atoms with van der Waals surface area (Å²) in [5, 5.41) is 17.7. The summed E-state index contributed by atoms with van der Waals surface area (Å²) in [5.74, 6) is -2.70. The molecule has 0 atom stereocenters. The Bertz CT molecular complexity index is 893. The number of hydrogen-bond donors (Lipinski definition) is 3. The number of aliphatic carboxylic acids is 2. The van der Waals surface area contributed by atoms with E-state index in [0.29, 0.717) is 49.9 Å². The molecule has 1 fully saturated rings. The number of anilines is 1. The standard InChI is InChI=1S/C18H21N3O4.C2H2O4/c1-24-16-6-3-2-5-14(16)19-18(23)21-10-8-20(9-11-21)13-15(22)17-7-4-12-25-17;3-1(4)2(5)6/h2-7,12H,8-11,13H2,1H3,(H,19,23);(H,3,4)(H,5,6). The third kappa shape index (κ3) is 7.16. The molecule has 0 unspecified atom stereocenters. The molecule has 1 aliphatic heterocycles. The van der Waals surface area contributed by atoms with Crippen molar-refractivity contribution in [2.45, 2.75) is 0 Å². The van der Waals surface area contributed by atoms with E-state index >= 15 is 0 Å². The van der Waals surface area contributed by atoms with E-state index < -0.39 is 11.9 Å². The number of urea groups is 1. The van der Waals surface area contributed by atoms with Crippen LogP contribution in [0.15, 0.2) is 47.1 Å². The number of rotatable bonds is 5. The van der Waals surface area contributed by atoms with E-state index in [2.05, 4.69) is 5.32 Å². The van der Waals surface area contributed by atoms with Gasteiger partial charge in [-0.25, -0.2) is 14.4 Å². The van der Waals surface area contributed by atoms with Gasteiger partial charge in [-0.1, -0.05) is 12.1 Å². The number of hydrogen-bond acceptors (Lipinski definition) is 7. The summed E-state index contributed by atoms with van der Waals surface area (Å²) >= 11 is 0. The second-order valence-corrected chi connectivity index (χ2v) is 6.40. The van der Waals surface area contributed by atoms with Gasteiger partial charge in [0.2, 0.25) is 5.78 Å². The number of nitrogens with one attached hydrogen (secondary N) is 1. The minimum Gasteiger partial charge on any atom is -0.495 e. The summed E-state index contributed by atoms with van der Waals surface area (Å²) in [6.45, 7) is 2.71. The Kier molecular flexibility index (Phi) is 8.58. The van der Waals surface area contributed by atoms with Gasteiger partial charge in [-0.05, 0) is 24.3 Å². The summed E-state index contributed by atoms with van der Waals surface area (Å²) in [6, 6.07) is 10.5. The lowest BCUT2D eigenvalue weighted by atomic mass is 10.2. The zero-order valence-corrected chi connectivity index (χ0v) is 16.8. The van der Waals surface area contributed by atoms with Gasteiger partial charge in [0.05, 0.1) is 25.6 Å². The highest BCUT2D eigenvalue weighted by Crippen LogP contribution is 2.23. The fourth-order valence-electron chi connectivity index (χ4n) is 2.77. The van der Waals surface area contributed by atoms with E-state index in [1.807, 2.05) is 17.0 Å². The van der Waals surface area contributed by atoms with Crippen LogP contribution in [0.3, 0.4) is 0 Å². The van der Waals surface area contributed by atoms with Crippen LogP contribution in [-0.2, 0) is 9.59 Å². The molecule has 11 nitrogen and oxygen atoms in total. The number of furan rings is 1. The fraction of sp³-hybridized carbons (Fsp3) is 0.300. The van der Waals surface area contributed by atoms with E-state index in [-0.39, 0.29) is 11.8 Å². The lowest BCUT2D eigenvalue weighted by Crippen LogP contribution is -2.51. The van der Waals surface area contributed by atoms with E-state index in [4.69, 9.17) is 29.0 Å². The van der Waals surface area contributed by atoms with Crippen molar-refractivity contribution >= 4 is 29.4 Å². The number of Topliss-reactive ketones (excluding diaryl/α,β-unsaturated/α-hetero) is 1. The quantitative estimate of drug-likeness (QED) is 0.470. The minimum absolute atomic E-state index is 0.0445. The summed E-state index contributed by atoms with van der Waals surface area (Å²) < 4.78 is 10.4. The molecule has 2 heterocycles. The Labute approximate surface area is 177 Å². The Balaban J connectivity index is 0.000000501. The third-order valence-electron chi connectivity index (χ3n) is 4.35. The Hall–Kier alpha value is -3.86. The van der Waals surface area contributed by atoms with Crippen LogP contribution in [0.25, 0.3) is 0 Å². The zero-order chi connectivity index (χ0) is 22.8. The predicted octanol–water partition coefficient (Wildman–Crippen LogP) is 1.48. The van der Waals surface area contributed by atoms with Crippen molar-refractivity contribution in [2.75, 3.05) is 45.2 Å². The van der Waals surface area contributed by atoms with Crippen LogP contribution < -0.4 is 10.1 Å². The summed E-state index contributed by atoms with van der Waals surface area (Å²) in [4.78, 5) is 46.4. The van der Waals surface area contributed by atoms with Gasteiger partial charge in [-0.2, -0.15) is 0 Å². The lowest BCUT2D eigenvalue weighted by molar-refractivity contribution is -0.159. The average Bonchev–Trinajstić information content (AvgIpc) is 3.30. The predicted molar refractivity (Wildman–Crippen MR) is 108 cm³/mol. The number of carbonyl (C=O) groups is 4. The van der Waals surface area contributed by atoms with Gasteiger partial charge < -0.3 is 29.6 Å². The number of carboxylic acids is 2. The number of methoxy groups -OCH3 is 1. The second-order valence-electron chi connectivity index (χ2n) is 6.40. The number of para-hydroxylation sites is 2. The molecule has 1 aliphatic rings. The number of amides is 2. The molecule has 2 aromatic rings. The molecule has 1 saturated heterocycles. The van der Waals surface area contributed by atoms with Crippen LogP contribution in [0, 0.1) is 0 Å². The van der Waals surface area contributed by atoms with E-state index in [9.17, 15) is 9.59 Å². The second kappa shape index (κ2) is 11.4. The summed E-state index contributed by atoms with van der Waals surface area (Å²) in [7, 11) is 1.57. The van der Waals surface area contributed by atoms with Gasteiger partial charge in [0.1, 0.15) is 5.75 Å². The van der Waals surface area contributed by atoms with Crippen LogP contribution in [0.5, 0.6) is 5.75 Å². The molecule has 0 bridgehead atoms. The minimum atomic E-state index is -1.82. The third-order valence-corrected chi connectivity index (χ3v) is 4.35. The van der Waals surface area contributed by atoms with Crippen molar-refractivity contribution in [1.82, 2.24) is 9.80 Å². The molecule has 1 aromatic heterocycles. The molecule has 0 saturated carbocycles. The first-order valence-corrected chi connectivity index (χ1v) is 9.26. The molecule has 166 valence electrons. The highest BCUT2D eigenvalue weighted by Gasteiger charge is 2.24. The maximum atomic E-state index is 12.4. The van der Waals surface area contributed by atoms with Gasteiger partial charge in [-0.3, -0.25) is 9.69 Å². The van der Waals surface area contributed by atoms with Crippen molar-refractivity contribution in [1.29, 1.82) is 0 Å². The fourth-order valence-corrected chi connectivity index (χ4v) is 2.77. The van der Waals surface area contributed by atoms with Gasteiger partial charge >= 0.3 is 18.0 Å². The van der Waals surface area contributed by atoms with Crippen molar-refractivity contribution in [3.8, 4) is 5.75 Å². The lowest BCUT2D eigenvalue weighted by Gasteiger charge is -2.34. The Morgan fingerprint density at radius 3 is 2.19 bits per heavy atom. The molecule has 2 amide bonds. The average molecular weight is 433 g/mol. The molecule has 3 N–H and O–H groups in total. The molecule has 3 rings (SSSR count). The first kappa shape index (κ1) is 23.4. The topological polar surface area (TPSA) is 150 Å². The highest BCUT2D eigenvalue weighted by atomic mass is 16.5. The number of ether oxygens (including phenoxy) is 1. The number of piperazine rings is 1. The van der Waals surface area contributed by atoms with Gasteiger partial charge in [0.25, 0.3) is 0 Å². The van der Waals surface area contributed by atoms with Crippen LogP contribution in [-0.4, -0.2) is 83.6 Å². The SMILES string of the molecule is COc1ccccc1NC(=O)N1CCN(CC(=O)c2ccco2)CC1.O=C(O)C(=O)O. The normalized spacial score (nSPS) is 13.5. The molecular weight excluding hydrogens is 410 g/mol. The monoisotopic (exact) mass is 433 g/mol. The first-order chi connectivity index (χ1) is 14.8. The van der Waals surface area contributed by atoms with Crippen molar-refractivity contribution in [2.24, 2.45) is 0 Å². The molecule has 0 radical (unpaired) electrons. The van der Waals surface area contributed by atoms with E-state index in [1.54, 1.807) is 36.3 Å². The molecule has 31 heavy (non-hydrogen) atoms. The Morgan fingerprint density at radius 1 is 1.00 bits per heavy atom. The largest absolute Gasteiger partial charge is 0.495 e. The van der Waals surface area contributed by atoms with Crippen molar-refractivity contribution in [3.05, 3.63) is 48.4 Å². The maximum Gasteiger partial charge on any atom is 0.414 e. The van der Waals surface area contributed by atoms with E-state index in [0.717, 1.165) is 0 Å². The summed E-state index contributed by atoms with van der Waals surface area (Å²) in [5.41, 5.74) is 0.644. The first-order valence-electron chi connectivity index (χ1n) is 9.26. The molecular formula is C20H23N3O8. The number of ketones is 1. The Morgan fingerprint density at radius 2 is 1.65 bits per heavy atom. The van der Waals surface area contributed by atoms with Crippen LogP contribution in [0.4, 0.5) is 10.5 Å². The van der Waals surface area contributed by atoms with Gasteiger partial charge in [0, 0.05) is 26.2 Å². The van der Waals surface area contributed by atoms with Crippen molar-refractivity contribution in [3.63, 3.8) is 0 Å². The molecule has 1 aromatic carbocycles. The summed E-state index contributed by atoms with van der Waals surface area (Å²) in [6.07, 6.45) is 1.49. The van der Waals surface area contributed by atoms with Crippen molar-refractivity contribution < 1.29 is 38.5 Å². The highest BCUT2D eigenvalue weighted by molar-refractivity contribution is 6.27. The van der Waals surface area contributed by atoms with Gasteiger partial charge in [-0.15, -0.1) is 0 Å². The van der Waals surface area contributed by atoms with Crippen LogP contribution in [0.1, 0.15) is 10.6 Å². The zero-order valence-electron chi connectivity index (χ0n) is 16.8. The van der Waals surface area contributed by atoms with Gasteiger partial charge in [0.15, 0.2) is 5.76 Å². The number of nitrogens with zero attached hydrogens (tertiary/aromatic N) is 2. The molecule has 11 heteroatoms. The maximum absolute atomic E-state index is 12.4. The number of carbonyl (C=O) groups excluding carboxylic acids is 2. The van der Waals surface area contributed by atoms with Crippen LogP contribution in [0.2, 0.25) is 0 Å².